The Labute approximate surface area is 175 Å². The van der Waals surface area contributed by atoms with Gasteiger partial charge in [-0.3, -0.25) is 24.5 Å². The van der Waals surface area contributed by atoms with Crippen molar-refractivity contribution in [1.29, 1.82) is 0 Å². The van der Waals surface area contributed by atoms with Crippen molar-refractivity contribution in [2.45, 2.75) is 31.8 Å². The summed E-state index contributed by atoms with van der Waals surface area (Å²) < 4.78 is 27.0. The summed E-state index contributed by atoms with van der Waals surface area (Å²) in [6, 6.07) is 6.04. The maximum Gasteiger partial charge on any atom is 0.305 e. The minimum atomic E-state index is -1.29. The lowest BCUT2D eigenvalue weighted by Gasteiger charge is -2.22. The van der Waals surface area contributed by atoms with Gasteiger partial charge in [-0.25, -0.2) is 4.39 Å². The van der Waals surface area contributed by atoms with Crippen molar-refractivity contribution in [3.8, 4) is 0 Å². The van der Waals surface area contributed by atoms with Crippen LogP contribution in [0.4, 0.5) is 14.5 Å². The Balaban J connectivity index is 2.19. The number of benzene rings is 2. The van der Waals surface area contributed by atoms with Crippen LogP contribution in [0.25, 0.3) is 0 Å². The molecule has 2 aromatic carbocycles. The fraction of sp³-hybridized carbons (Fsp3) is 0.250. The van der Waals surface area contributed by atoms with Crippen molar-refractivity contribution >= 4 is 23.4 Å². The van der Waals surface area contributed by atoms with Crippen molar-refractivity contribution < 1.29 is 28.1 Å². The van der Waals surface area contributed by atoms with Crippen LogP contribution in [0.5, 0.6) is 0 Å². The van der Waals surface area contributed by atoms with Gasteiger partial charge in [-0.2, -0.15) is 4.39 Å². The number of carbonyl (C=O) groups excluding carboxylic acids is 3. The highest BCUT2D eigenvalue weighted by atomic mass is 19.1. The molecule has 11 heteroatoms. The van der Waals surface area contributed by atoms with E-state index < -0.39 is 52.1 Å². The number of nitrogens with zero attached hydrogens (tertiary/aromatic N) is 1. The molecule has 0 spiro atoms. The molecule has 0 aliphatic heterocycles. The second-order valence-electron chi connectivity index (χ2n) is 6.80. The summed E-state index contributed by atoms with van der Waals surface area (Å²) in [6.07, 6.45) is -0.300. The Bertz CT molecular complexity index is 1010. The maximum absolute atomic E-state index is 13.5. The minimum Gasteiger partial charge on any atom is -0.368 e. The van der Waals surface area contributed by atoms with Crippen molar-refractivity contribution in [2.75, 3.05) is 0 Å². The summed E-state index contributed by atoms with van der Waals surface area (Å²) in [5.41, 5.74) is 5.18. The first kappa shape index (κ1) is 23.4. The third-order valence-electron chi connectivity index (χ3n) is 4.33. The zero-order chi connectivity index (χ0) is 23.1. The summed E-state index contributed by atoms with van der Waals surface area (Å²) >= 11 is 0. The zero-order valence-corrected chi connectivity index (χ0v) is 16.4. The third-order valence-corrected chi connectivity index (χ3v) is 4.33. The van der Waals surface area contributed by atoms with Gasteiger partial charge in [0.25, 0.3) is 0 Å². The Morgan fingerprint density at radius 2 is 1.68 bits per heavy atom. The van der Waals surface area contributed by atoms with E-state index in [0.717, 1.165) is 12.1 Å². The summed E-state index contributed by atoms with van der Waals surface area (Å²) in [5.74, 6) is -3.80. The number of amides is 3. The molecular formula is C20H20F2N4O5. The Hall–Kier alpha value is -3.89. The minimum absolute atomic E-state index is 0.0589. The molecule has 31 heavy (non-hydrogen) atoms. The summed E-state index contributed by atoms with van der Waals surface area (Å²) in [6.45, 7) is 1.19. The first-order valence-corrected chi connectivity index (χ1v) is 9.11. The fourth-order valence-corrected chi connectivity index (χ4v) is 2.91. The van der Waals surface area contributed by atoms with Gasteiger partial charge in [0.15, 0.2) is 0 Å². The number of nitro groups is 1. The highest BCUT2D eigenvalue weighted by Crippen LogP contribution is 2.19. The third kappa shape index (κ3) is 6.84. The number of nitrogens with one attached hydrogen (secondary N) is 2. The number of hydrogen-bond acceptors (Lipinski definition) is 5. The van der Waals surface area contributed by atoms with E-state index in [4.69, 9.17) is 5.73 Å². The fourth-order valence-electron chi connectivity index (χ4n) is 2.91. The van der Waals surface area contributed by atoms with Crippen molar-refractivity contribution in [3.05, 3.63) is 75.3 Å². The molecule has 0 unspecified atom stereocenters. The molecule has 0 aliphatic carbocycles. The predicted octanol–water partition coefficient (Wildman–Crippen LogP) is 1.13. The molecule has 2 rings (SSSR count). The Morgan fingerprint density at radius 1 is 1.03 bits per heavy atom. The van der Waals surface area contributed by atoms with Gasteiger partial charge >= 0.3 is 5.69 Å². The van der Waals surface area contributed by atoms with Crippen LogP contribution in [0.2, 0.25) is 0 Å². The normalized spacial score (nSPS) is 12.5. The number of nitro benzene ring substituents is 1. The zero-order valence-electron chi connectivity index (χ0n) is 16.4. The van der Waals surface area contributed by atoms with Crippen LogP contribution >= 0.6 is 0 Å². The smallest absolute Gasteiger partial charge is 0.305 e. The first-order chi connectivity index (χ1) is 14.6. The monoisotopic (exact) mass is 434 g/mol. The van der Waals surface area contributed by atoms with Crippen molar-refractivity contribution in [1.82, 2.24) is 10.6 Å². The quantitative estimate of drug-likeness (QED) is 0.400. The van der Waals surface area contributed by atoms with Crippen LogP contribution in [0, 0.1) is 21.7 Å². The van der Waals surface area contributed by atoms with Crippen LogP contribution in [0.15, 0.2) is 42.5 Å². The van der Waals surface area contributed by atoms with Crippen LogP contribution in [-0.2, 0) is 27.2 Å². The SMILES string of the molecule is CC(=O)N[C@H](Cc1cccc(F)c1)C(=O)N[C@H](Cc1ccc(F)c([N+](=O)[O-])c1)C(N)=O. The lowest BCUT2D eigenvalue weighted by molar-refractivity contribution is -0.387. The number of hydrogen-bond donors (Lipinski definition) is 3. The molecule has 0 aromatic heterocycles. The van der Waals surface area contributed by atoms with E-state index in [1.54, 1.807) is 6.07 Å². The van der Waals surface area contributed by atoms with E-state index in [2.05, 4.69) is 10.6 Å². The molecule has 2 atom stereocenters. The van der Waals surface area contributed by atoms with E-state index in [9.17, 15) is 33.3 Å². The Morgan fingerprint density at radius 3 is 2.26 bits per heavy atom. The molecule has 0 saturated heterocycles. The van der Waals surface area contributed by atoms with E-state index >= 15 is 0 Å². The number of halogens is 2. The van der Waals surface area contributed by atoms with Gasteiger partial charge in [-0.15, -0.1) is 0 Å². The lowest BCUT2D eigenvalue weighted by atomic mass is 10.0. The number of rotatable bonds is 9. The molecule has 9 nitrogen and oxygen atoms in total. The lowest BCUT2D eigenvalue weighted by Crippen LogP contribution is -2.54. The highest BCUT2D eigenvalue weighted by molar-refractivity contribution is 5.91. The topological polar surface area (TPSA) is 144 Å². The molecule has 0 saturated carbocycles. The summed E-state index contributed by atoms with van der Waals surface area (Å²) in [5, 5.41) is 15.7. The van der Waals surface area contributed by atoms with Gasteiger partial charge in [-0.1, -0.05) is 18.2 Å². The van der Waals surface area contributed by atoms with Crippen molar-refractivity contribution in [3.63, 3.8) is 0 Å². The highest BCUT2D eigenvalue weighted by Gasteiger charge is 2.26. The molecule has 0 radical (unpaired) electrons. The second kappa shape index (κ2) is 10.2. The predicted molar refractivity (Wildman–Crippen MR) is 106 cm³/mol. The van der Waals surface area contributed by atoms with Gasteiger partial charge in [-0.05, 0) is 29.3 Å². The van der Waals surface area contributed by atoms with Crippen LogP contribution < -0.4 is 16.4 Å². The van der Waals surface area contributed by atoms with Gasteiger partial charge in [0.05, 0.1) is 4.92 Å². The number of primary amides is 1. The molecule has 164 valence electrons. The largest absolute Gasteiger partial charge is 0.368 e. The van der Waals surface area contributed by atoms with E-state index in [1.165, 1.54) is 31.2 Å². The van der Waals surface area contributed by atoms with Crippen LogP contribution in [0.1, 0.15) is 18.1 Å². The molecule has 3 amide bonds. The average molecular weight is 434 g/mol. The average Bonchev–Trinajstić information content (AvgIpc) is 2.67. The van der Waals surface area contributed by atoms with Crippen LogP contribution in [-0.4, -0.2) is 34.7 Å². The molecule has 4 N–H and O–H groups in total. The summed E-state index contributed by atoms with van der Waals surface area (Å²) in [4.78, 5) is 46.0. The summed E-state index contributed by atoms with van der Waals surface area (Å²) in [7, 11) is 0. The maximum atomic E-state index is 13.5. The molecular weight excluding hydrogens is 414 g/mol. The molecule has 0 bridgehead atoms. The van der Waals surface area contributed by atoms with Gasteiger partial charge in [0, 0.05) is 25.8 Å². The second-order valence-corrected chi connectivity index (χ2v) is 6.80. The number of nitrogens with two attached hydrogens (primary N) is 1. The Kier molecular flexibility index (Phi) is 7.72. The molecule has 0 fully saturated rings. The molecule has 2 aromatic rings. The standard InChI is InChI=1S/C20H20F2N4O5/c1-11(27)24-17(9-12-3-2-4-14(21)7-12)20(29)25-16(19(23)28)8-13-5-6-15(22)18(10-13)26(30)31/h2-7,10,16-17H,8-9H2,1H3,(H2,23,28)(H,24,27)(H,25,29)/t16-,17-/m1/s1. The number of carbonyl (C=O) groups is 3. The van der Waals surface area contributed by atoms with Gasteiger partial charge in [0.1, 0.15) is 17.9 Å². The van der Waals surface area contributed by atoms with Gasteiger partial charge < -0.3 is 16.4 Å². The van der Waals surface area contributed by atoms with E-state index in [0.29, 0.717) is 5.56 Å². The first-order valence-electron chi connectivity index (χ1n) is 9.11. The van der Waals surface area contributed by atoms with E-state index in [-0.39, 0.29) is 18.4 Å². The van der Waals surface area contributed by atoms with E-state index in [1.807, 2.05) is 0 Å². The molecule has 0 aliphatic rings. The van der Waals surface area contributed by atoms with Gasteiger partial charge in [0.2, 0.25) is 23.5 Å². The van der Waals surface area contributed by atoms with Crippen molar-refractivity contribution in [2.24, 2.45) is 5.73 Å². The molecule has 0 heterocycles. The van der Waals surface area contributed by atoms with Crippen LogP contribution in [0.3, 0.4) is 0 Å².